The molecule has 0 spiro atoms. The number of hydrogen-bond acceptors (Lipinski definition) is 1. The molecule has 0 aliphatic heterocycles. The lowest BCUT2D eigenvalue weighted by Crippen LogP contribution is -1.91. The summed E-state index contributed by atoms with van der Waals surface area (Å²) in [4.78, 5) is 4.29. The van der Waals surface area contributed by atoms with Gasteiger partial charge in [0.25, 0.3) is 0 Å². The minimum atomic E-state index is -0.582. The Morgan fingerprint density at radius 3 is 2.15 bits per heavy atom. The fourth-order valence-electron chi connectivity index (χ4n) is 2.17. The van der Waals surface area contributed by atoms with Gasteiger partial charge in [-0.2, -0.15) is 0 Å². The van der Waals surface area contributed by atoms with Crippen LogP contribution in [0.4, 0.5) is 8.78 Å². The minimum Gasteiger partial charge on any atom is -0.256 e. The van der Waals surface area contributed by atoms with Gasteiger partial charge in [0.15, 0.2) is 0 Å². The highest BCUT2D eigenvalue weighted by Crippen LogP contribution is 2.32. The van der Waals surface area contributed by atoms with Gasteiger partial charge >= 0.3 is 0 Å². The van der Waals surface area contributed by atoms with Crippen LogP contribution in [0.25, 0.3) is 22.4 Å². The number of aromatic nitrogens is 1. The van der Waals surface area contributed by atoms with Crippen molar-refractivity contribution in [2.75, 3.05) is 0 Å². The second kappa shape index (κ2) is 5.21. The Morgan fingerprint density at radius 1 is 0.700 bits per heavy atom. The van der Waals surface area contributed by atoms with Crippen LogP contribution in [-0.2, 0) is 0 Å². The maximum absolute atomic E-state index is 14.0. The average molecular weight is 267 g/mol. The molecule has 1 nitrogen and oxygen atoms in total. The Morgan fingerprint density at radius 2 is 1.45 bits per heavy atom. The van der Waals surface area contributed by atoms with Crippen molar-refractivity contribution in [3.8, 4) is 22.4 Å². The summed E-state index contributed by atoms with van der Waals surface area (Å²) < 4.78 is 27.0. The van der Waals surface area contributed by atoms with Crippen molar-refractivity contribution in [3.63, 3.8) is 0 Å². The molecular formula is C17H11F2N. The van der Waals surface area contributed by atoms with Crippen molar-refractivity contribution < 1.29 is 8.78 Å². The molecule has 20 heavy (non-hydrogen) atoms. The fourth-order valence-corrected chi connectivity index (χ4v) is 2.17. The molecular weight excluding hydrogens is 256 g/mol. The maximum atomic E-state index is 14.0. The maximum Gasteiger partial charge on any atom is 0.133 e. The lowest BCUT2D eigenvalue weighted by Gasteiger charge is -2.10. The number of pyridine rings is 1. The van der Waals surface area contributed by atoms with Gasteiger partial charge in [-0.25, -0.2) is 8.78 Å². The first kappa shape index (κ1) is 12.5. The molecule has 1 aromatic heterocycles. The number of hydrogen-bond donors (Lipinski definition) is 0. The third-order valence-corrected chi connectivity index (χ3v) is 3.09. The molecule has 2 aromatic carbocycles. The van der Waals surface area contributed by atoms with E-state index in [0.717, 1.165) is 17.3 Å². The van der Waals surface area contributed by atoms with Crippen LogP contribution in [-0.4, -0.2) is 4.98 Å². The van der Waals surface area contributed by atoms with Crippen molar-refractivity contribution in [3.05, 3.63) is 78.5 Å². The predicted octanol–water partition coefficient (Wildman–Crippen LogP) is 4.69. The summed E-state index contributed by atoms with van der Waals surface area (Å²) in [5, 5.41) is 0. The summed E-state index contributed by atoms with van der Waals surface area (Å²) in [5.41, 5.74) is 2.64. The molecule has 98 valence electrons. The van der Waals surface area contributed by atoms with Gasteiger partial charge in [0, 0.05) is 23.4 Å². The highest BCUT2D eigenvalue weighted by atomic mass is 19.1. The Hall–Kier alpha value is -2.55. The first-order valence-electron chi connectivity index (χ1n) is 6.21. The molecule has 3 aromatic rings. The van der Waals surface area contributed by atoms with Crippen LogP contribution >= 0.6 is 0 Å². The average Bonchev–Trinajstić information content (AvgIpc) is 2.48. The van der Waals surface area contributed by atoms with Crippen LogP contribution in [0.1, 0.15) is 0 Å². The molecule has 0 saturated heterocycles. The van der Waals surface area contributed by atoms with Gasteiger partial charge < -0.3 is 0 Å². The van der Waals surface area contributed by atoms with E-state index in [2.05, 4.69) is 4.98 Å². The van der Waals surface area contributed by atoms with Gasteiger partial charge in [-0.3, -0.25) is 4.98 Å². The molecule has 0 fully saturated rings. The van der Waals surface area contributed by atoms with Gasteiger partial charge in [-0.05, 0) is 29.8 Å². The SMILES string of the molecule is Fc1ccc(-c2ccccc2-c2ccccn2)c(F)c1. The van der Waals surface area contributed by atoms with Crippen LogP contribution in [0.2, 0.25) is 0 Å². The molecule has 0 unspecified atom stereocenters. The van der Waals surface area contributed by atoms with E-state index in [-0.39, 0.29) is 0 Å². The second-order valence-corrected chi connectivity index (χ2v) is 4.38. The molecule has 0 radical (unpaired) electrons. The summed E-state index contributed by atoms with van der Waals surface area (Å²) in [6.45, 7) is 0. The fraction of sp³-hybridized carbons (Fsp3) is 0. The van der Waals surface area contributed by atoms with E-state index >= 15 is 0 Å². The molecule has 0 saturated carbocycles. The molecule has 1 heterocycles. The predicted molar refractivity (Wildman–Crippen MR) is 75.0 cm³/mol. The third-order valence-electron chi connectivity index (χ3n) is 3.09. The summed E-state index contributed by atoms with van der Waals surface area (Å²) in [6.07, 6.45) is 1.69. The number of halogens is 2. The zero-order chi connectivity index (χ0) is 13.9. The van der Waals surface area contributed by atoms with E-state index in [1.807, 2.05) is 36.4 Å². The van der Waals surface area contributed by atoms with Crippen LogP contribution < -0.4 is 0 Å². The van der Waals surface area contributed by atoms with E-state index in [9.17, 15) is 8.78 Å². The summed E-state index contributed by atoms with van der Waals surface area (Å²) in [5.74, 6) is -1.16. The van der Waals surface area contributed by atoms with Crippen molar-refractivity contribution in [1.29, 1.82) is 0 Å². The molecule has 3 heteroatoms. The van der Waals surface area contributed by atoms with Crippen LogP contribution in [0.5, 0.6) is 0 Å². The number of benzene rings is 2. The van der Waals surface area contributed by atoms with Crippen molar-refractivity contribution in [2.45, 2.75) is 0 Å². The second-order valence-electron chi connectivity index (χ2n) is 4.38. The van der Waals surface area contributed by atoms with Crippen LogP contribution in [0, 0.1) is 11.6 Å². The van der Waals surface area contributed by atoms with Crippen molar-refractivity contribution in [1.82, 2.24) is 4.98 Å². The summed E-state index contributed by atoms with van der Waals surface area (Å²) in [6, 6.07) is 16.5. The first-order valence-corrected chi connectivity index (χ1v) is 6.21. The quantitative estimate of drug-likeness (QED) is 0.656. The van der Waals surface area contributed by atoms with Gasteiger partial charge in [-0.15, -0.1) is 0 Å². The van der Waals surface area contributed by atoms with E-state index in [1.165, 1.54) is 12.1 Å². The van der Waals surface area contributed by atoms with E-state index in [4.69, 9.17) is 0 Å². The van der Waals surface area contributed by atoms with Crippen molar-refractivity contribution >= 4 is 0 Å². The Balaban J connectivity index is 2.20. The number of rotatable bonds is 2. The molecule has 0 aliphatic rings. The van der Waals surface area contributed by atoms with E-state index < -0.39 is 11.6 Å². The largest absolute Gasteiger partial charge is 0.256 e. The standard InChI is InChI=1S/C17H11F2N/c18-12-8-9-14(16(19)11-12)13-5-1-2-6-15(13)17-7-3-4-10-20-17/h1-11H. The normalized spacial score (nSPS) is 10.5. The Bertz CT molecular complexity index is 739. The molecule has 0 amide bonds. The Labute approximate surface area is 115 Å². The van der Waals surface area contributed by atoms with Crippen LogP contribution in [0.3, 0.4) is 0 Å². The van der Waals surface area contributed by atoms with Gasteiger partial charge in [0.2, 0.25) is 0 Å². The summed E-state index contributed by atoms with van der Waals surface area (Å²) in [7, 11) is 0. The van der Waals surface area contributed by atoms with Gasteiger partial charge in [0.05, 0.1) is 5.69 Å². The lowest BCUT2D eigenvalue weighted by atomic mass is 9.97. The molecule has 0 N–H and O–H groups in total. The molecule has 0 bridgehead atoms. The van der Waals surface area contributed by atoms with E-state index in [1.54, 1.807) is 12.3 Å². The zero-order valence-corrected chi connectivity index (χ0v) is 10.6. The van der Waals surface area contributed by atoms with Gasteiger partial charge in [-0.1, -0.05) is 30.3 Å². The topological polar surface area (TPSA) is 12.9 Å². The van der Waals surface area contributed by atoms with Crippen LogP contribution in [0.15, 0.2) is 66.9 Å². The smallest absolute Gasteiger partial charge is 0.133 e. The highest BCUT2D eigenvalue weighted by molar-refractivity contribution is 5.82. The summed E-state index contributed by atoms with van der Waals surface area (Å²) >= 11 is 0. The van der Waals surface area contributed by atoms with Gasteiger partial charge in [0.1, 0.15) is 11.6 Å². The van der Waals surface area contributed by atoms with E-state index in [0.29, 0.717) is 11.1 Å². The third kappa shape index (κ3) is 2.30. The highest BCUT2D eigenvalue weighted by Gasteiger charge is 2.12. The number of nitrogens with zero attached hydrogens (tertiary/aromatic N) is 1. The Kier molecular flexibility index (Phi) is 3.25. The molecule has 0 atom stereocenters. The zero-order valence-electron chi connectivity index (χ0n) is 10.6. The lowest BCUT2D eigenvalue weighted by molar-refractivity contribution is 0.585. The molecule has 0 aliphatic carbocycles. The van der Waals surface area contributed by atoms with Crippen molar-refractivity contribution in [2.24, 2.45) is 0 Å². The minimum absolute atomic E-state index is 0.368. The molecule has 3 rings (SSSR count). The monoisotopic (exact) mass is 267 g/mol. The first-order chi connectivity index (χ1) is 9.75.